The lowest BCUT2D eigenvalue weighted by atomic mass is 9.89. The highest BCUT2D eigenvalue weighted by atomic mass is 16.3. The van der Waals surface area contributed by atoms with E-state index in [2.05, 4.69) is 15.3 Å². The fourth-order valence-corrected chi connectivity index (χ4v) is 1.78. The standard InChI is InChI=1S/C13H17N3O2/c1-7(2)13(4)12(18)15-11(16-13)10-9(17)5-8(3)6-14-10/h5-7,17H,1-4H3,(H,15,16,18). The number of amides is 1. The Kier molecular flexibility index (Phi) is 2.84. The largest absolute Gasteiger partial charge is 0.506 e. The van der Waals surface area contributed by atoms with Crippen LogP contribution in [0.4, 0.5) is 0 Å². The molecule has 0 saturated heterocycles. The first-order valence-electron chi connectivity index (χ1n) is 5.92. The first-order chi connectivity index (χ1) is 8.34. The number of rotatable bonds is 2. The van der Waals surface area contributed by atoms with Gasteiger partial charge in [0.15, 0.2) is 5.84 Å². The Balaban J connectivity index is 2.45. The van der Waals surface area contributed by atoms with Crippen molar-refractivity contribution in [3.05, 3.63) is 23.5 Å². The molecule has 1 aromatic heterocycles. The first-order valence-corrected chi connectivity index (χ1v) is 5.92. The highest BCUT2D eigenvalue weighted by molar-refractivity contribution is 6.15. The number of pyridine rings is 1. The first kappa shape index (κ1) is 12.5. The van der Waals surface area contributed by atoms with Gasteiger partial charge in [-0.05, 0) is 31.4 Å². The van der Waals surface area contributed by atoms with Crippen molar-refractivity contribution in [3.8, 4) is 5.75 Å². The molecular weight excluding hydrogens is 230 g/mol. The van der Waals surface area contributed by atoms with Crippen LogP contribution in [0.3, 0.4) is 0 Å². The van der Waals surface area contributed by atoms with E-state index in [1.54, 1.807) is 19.2 Å². The van der Waals surface area contributed by atoms with Gasteiger partial charge in [-0.3, -0.25) is 4.79 Å². The molecule has 0 aromatic carbocycles. The average Bonchev–Trinajstić information content (AvgIpc) is 2.56. The van der Waals surface area contributed by atoms with Crippen molar-refractivity contribution in [1.29, 1.82) is 0 Å². The van der Waals surface area contributed by atoms with Crippen LogP contribution in [-0.4, -0.2) is 27.4 Å². The Labute approximate surface area is 106 Å². The Morgan fingerprint density at radius 2 is 2.11 bits per heavy atom. The summed E-state index contributed by atoms with van der Waals surface area (Å²) in [4.78, 5) is 20.5. The fourth-order valence-electron chi connectivity index (χ4n) is 1.78. The van der Waals surface area contributed by atoms with Gasteiger partial charge in [0, 0.05) is 6.20 Å². The average molecular weight is 247 g/mol. The molecule has 0 aliphatic carbocycles. The van der Waals surface area contributed by atoms with E-state index in [1.807, 2.05) is 20.8 Å². The van der Waals surface area contributed by atoms with Crippen molar-refractivity contribution in [2.45, 2.75) is 33.2 Å². The second-order valence-corrected chi connectivity index (χ2v) is 5.10. The molecule has 2 heterocycles. The van der Waals surface area contributed by atoms with Gasteiger partial charge in [0.1, 0.15) is 17.0 Å². The smallest absolute Gasteiger partial charge is 0.253 e. The van der Waals surface area contributed by atoms with Gasteiger partial charge in [0.2, 0.25) is 0 Å². The lowest BCUT2D eigenvalue weighted by molar-refractivity contribution is -0.124. The minimum Gasteiger partial charge on any atom is -0.506 e. The zero-order valence-electron chi connectivity index (χ0n) is 11.0. The maximum Gasteiger partial charge on any atom is 0.253 e. The van der Waals surface area contributed by atoms with Crippen molar-refractivity contribution < 1.29 is 9.90 Å². The van der Waals surface area contributed by atoms with E-state index in [-0.39, 0.29) is 17.6 Å². The number of carbonyl (C=O) groups excluding carboxylic acids is 1. The van der Waals surface area contributed by atoms with Crippen LogP contribution in [0, 0.1) is 12.8 Å². The van der Waals surface area contributed by atoms with E-state index < -0.39 is 5.54 Å². The molecule has 1 unspecified atom stereocenters. The van der Waals surface area contributed by atoms with Crippen molar-refractivity contribution >= 4 is 11.7 Å². The van der Waals surface area contributed by atoms with E-state index in [9.17, 15) is 9.90 Å². The topological polar surface area (TPSA) is 74.6 Å². The van der Waals surface area contributed by atoms with E-state index >= 15 is 0 Å². The van der Waals surface area contributed by atoms with Gasteiger partial charge in [-0.15, -0.1) is 0 Å². The number of carbonyl (C=O) groups is 1. The van der Waals surface area contributed by atoms with Gasteiger partial charge < -0.3 is 10.4 Å². The van der Waals surface area contributed by atoms with Gasteiger partial charge in [-0.2, -0.15) is 0 Å². The molecule has 1 aliphatic heterocycles. The zero-order chi connectivity index (χ0) is 13.5. The van der Waals surface area contributed by atoms with Gasteiger partial charge >= 0.3 is 0 Å². The van der Waals surface area contributed by atoms with Crippen LogP contribution >= 0.6 is 0 Å². The summed E-state index contributed by atoms with van der Waals surface area (Å²) in [5.41, 5.74) is 0.375. The third kappa shape index (κ3) is 1.85. The fraction of sp³-hybridized carbons (Fsp3) is 0.462. The molecule has 0 radical (unpaired) electrons. The van der Waals surface area contributed by atoms with Crippen molar-refractivity contribution in [2.24, 2.45) is 10.9 Å². The van der Waals surface area contributed by atoms with Crippen LogP contribution in [0.1, 0.15) is 32.0 Å². The molecule has 1 aliphatic rings. The summed E-state index contributed by atoms with van der Waals surface area (Å²) in [6.07, 6.45) is 1.63. The Hall–Kier alpha value is -1.91. The SMILES string of the molecule is Cc1cnc(C2=NC(C)(C(C)C)C(=O)N2)c(O)c1. The number of amidine groups is 1. The predicted molar refractivity (Wildman–Crippen MR) is 68.6 cm³/mol. The van der Waals surface area contributed by atoms with E-state index in [0.717, 1.165) is 5.56 Å². The van der Waals surface area contributed by atoms with E-state index in [4.69, 9.17) is 0 Å². The molecule has 0 fully saturated rings. The molecule has 1 atom stereocenters. The van der Waals surface area contributed by atoms with Gasteiger partial charge in [-0.1, -0.05) is 13.8 Å². The summed E-state index contributed by atoms with van der Waals surface area (Å²) in [5, 5.41) is 12.5. The summed E-state index contributed by atoms with van der Waals surface area (Å²) in [5.74, 6) is 0.285. The second kappa shape index (κ2) is 4.08. The van der Waals surface area contributed by atoms with Crippen molar-refractivity contribution in [3.63, 3.8) is 0 Å². The lowest BCUT2D eigenvalue weighted by Crippen LogP contribution is -2.41. The Morgan fingerprint density at radius 1 is 1.44 bits per heavy atom. The van der Waals surface area contributed by atoms with Crippen molar-refractivity contribution in [1.82, 2.24) is 10.3 Å². The molecule has 0 saturated carbocycles. The molecule has 5 heteroatoms. The van der Waals surface area contributed by atoms with E-state index in [0.29, 0.717) is 11.5 Å². The number of aromatic nitrogens is 1. The maximum absolute atomic E-state index is 12.0. The summed E-state index contributed by atoms with van der Waals surface area (Å²) in [6, 6.07) is 1.60. The summed E-state index contributed by atoms with van der Waals surface area (Å²) < 4.78 is 0. The molecule has 18 heavy (non-hydrogen) atoms. The quantitative estimate of drug-likeness (QED) is 0.829. The number of nitrogens with zero attached hydrogens (tertiary/aromatic N) is 2. The van der Waals surface area contributed by atoms with E-state index in [1.165, 1.54) is 0 Å². The Bertz CT molecular complexity index is 537. The summed E-state index contributed by atoms with van der Waals surface area (Å²) >= 11 is 0. The second-order valence-electron chi connectivity index (χ2n) is 5.10. The number of aryl methyl sites for hydroxylation is 1. The Morgan fingerprint density at radius 3 is 2.61 bits per heavy atom. The van der Waals surface area contributed by atoms with Crippen LogP contribution in [0.2, 0.25) is 0 Å². The number of hydrogen-bond acceptors (Lipinski definition) is 4. The van der Waals surface area contributed by atoms with Gasteiger partial charge in [0.05, 0.1) is 0 Å². The van der Waals surface area contributed by atoms with Crippen LogP contribution in [0.25, 0.3) is 0 Å². The van der Waals surface area contributed by atoms with Gasteiger partial charge in [-0.25, -0.2) is 9.98 Å². The maximum atomic E-state index is 12.0. The molecule has 5 nitrogen and oxygen atoms in total. The molecule has 96 valence electrons. The minimum absolute atomic E-state index is 0.0297. The van der Waals surface area contributed by atoms with Crippen LogP contribution in [-0.2, 0) is 4.79 Å². The minimum atomic E-state index is -0.797. The number of aliphatic imine (C=N–C) groups is 1. The molecule has 0 spiro atoms. The molecule has 2 N–H and O–H groups in total. The zero-order valence-corrected chi connectivity index (χ0v) is 11.0. The molecule has 2 rings (SSSR count). The summed E-state index contributed by atoms with van der Waals surface area (Å²) in [6.45, 7) is 7.50. The molecular formula is C13H17N3O2. The highest BCUT2D eigenvalue weighted by Crippen LogP contribution is 2.28. The number of hydrogen-bond donors (Lipinski definition) is 2. The van der Waals surface area contributed by atoms with Crippen LogP contribution in [0.15, 0.2) is 17.3 Å². The number of nitrogens with one attached hydrogen (secondary N) is 1. The predicted octanol–water partition coefficient (Wildman–Crippen LogP) is 1.39. The summed E-state index contributed by atoms with van der Waals surface area (Å²) in [7, 11) is 0. The molecule has 0 bridgehead atoms. The molecule has 1 amide bonds. The lowest BCUT2D eigenvalue weighted by Gasteiger charge is -2.21. The highest BCUT2D eigenvalue weighted by Gasteiger charge is 2.42. The normalized spacial score (nSPS) is 23.2. The third-order valence-corrected chi connectivity index (χ3v) is 3.39. The van der Waals surface area contributed by atoms with Crippen molar-refractivity contribution in [2.75, 3.05) is 0 Å². The molecule has 1 aromatic rings. The van der Waals surface area contributed by atoms with Crippen LogP contribution in [0.5, 0.6) is 5.75 Å². The van der Waals surface area contributed by atoms with Crippen LogP contribution < -0.4 is 5.32 Å². The van der Waals surface area contributed by atoms with Gasteiger partial charge in [0.25, 0.3) is 5.91 Å². The monoisotopic (exact) mass is 247 g/mol. The third-order valence-electron chi connectivity index (χ3n) is 3.39. The number of aromatic hydroxyl groups is 1.